The molecule has 0 bridgehead atoms. The first kappa shape index (κ1) is 13.3. The molecule has 0 aromatic heterocycles. The Morgan fingerprint density at radius 1 is 1.61 bits per heavy atom. The van der Waals surface area contributed by atoms with Crippen LogP contribution in [-0.4, -0.2) is 37.5 Å². The number of nitrogens with one attached hydrogen (secondary N) is 1. The molecular formula is C13H16ClFN2O. The van der Waals surface area contributed by atoms with E-state index in [1.165, 1.54) is 18.2 Å². The number of carbonyl (C=O) groups is 1. The van der Waals surface area contributed by atoms with Crippen molar-refractivity contribution >= 4 is 17.5 Å². The fraction of sp³-hybridized carbons (Fsp3) is 0.462. The molecule has 1 N–H and O–H groups in total. The van der Waals surface area contributed by atoms with Crippen molar-refractivity contribution in [2.45, 2.75) is 6.42 Å². The second-order valence-electron chi connectivity index (χ2n) is 4.59. The van der Waals surface area contributed by atoms with Crippen LogP contribution in [0, 0.1) is 11.7 Å². The van der Waals surface area contributed by atoms with Crippen molar-refractivity contribution in [3.8, 4) is 0 Å². The van der Waals surface area contributed by atoms with Gasteiger partial charge in [0.05, 0.1) is 5.56 Å². The highest BCUT2D eigenvalue weighted by molar-refractivity contribution is 6.31. The average Bonchev–Trinajstić information content (AvgIpc) is 2.80. The maximum atomic E-state index is 13.6. The van der Waals surface area contributed by atoms with Crippen LogP contribution < -0.4 is 5.32 Å². The Kier molecular flexibility index (Phi) is 4.19. The van der Waals surface area contributed by atoms with Crippen molar-refractivity contribution in [2.75, 3.05) is 26.7 Å². The first-order chi connectivity index (χ1) is 8.61. The lowest BCUT2D eigenvalue weighted by Gasteiger charge is -2.17. The fourth-order valence-corrected chi connectivity index (χ4v) is 2.48. The number of likely N-dealkylation sites (tertiary alicyclic amines) is 1. The van der Waals surface area contributed by atoms with Gasteiger partial charge >= 0.3 is 0 Å². The third kappa shape index (κ3) is 2.82. The van der Waals surface area contributed by atoms with Crippen molar-refractivity contribution in [1.29, 1.82) is 0 Å². The van der Waals surface area contributed by atoms with E-state index in [9.17, 15) is 9.18 Å². The first-order valence-corrected chi connectivity index (χ1v) is 6.38. The minimum Gasteiger partial charge on any atom is -0.338 e. The van der Waals surface area contributed by atoms with Crippen LogP contribution in [0.15, 0.2) is 18.2 Å². The Morgan fingerprint density at radius 3 is 3.11 bits per heavy atom. The van der Waals surface area contributed by atoms with E-state index in [1.54, 1.807) is 4.90 Å². The van der Waals surface area contributed by atoms with Gasteiger partial charge in [0.2, 0.25) is 0 Å². The van der Waals surface area contributed by atoms with Crippen LogP contribution in [-0.2, 0) is 0 Å². The van der Waals surface area contributed by atoms with Gasteiger partial charge in [0.1, 0.15) is 5.82 Å². The van der Waals surface area contributed by atoms with Gasteiger partial charge in [-0.05, 0) is 44.1 Å². The number of nitrogens with zero attached hydrogens (tertiary/aromatic N) is 1. The van der Waals surface area contributed by atoms with Crippen LogP contribution in [0.5, 0.6) is 0 Å². The van der Waals surface area contributed by atoms with E-state index in [0.717, 1.165) is 13.0 Å². The molecule has 1 aromatic rings. The highest BCUT2D eigenvalue weighted by atomic mass is 35.5. The molecule has 18 heavy (non-hydrogen) atoms. The van der Waals surface area contributed by atoms with Crippen molar-refractivity contribution < 1.29 is 9.18 Å². The van der Waals surface area contributed by atoms with Crippen LogP contribution in [0.4, 0.5) is 4.39 Å². The molecule has 1 unspecified atom stereocenters. The third-order valence-electron chi connectivity index (χ3n) is 3.22. The Bertz CT molecular complexity index is 453. The Morgan fingerprint density at radius 2 is 2.39 bits per heavy atom. The second-order valence-corrected chi connectivity index (χ2v) is 5.02. The summed E-state index contributed by atoms with van der Waals surface area (Å²) >= 11 is 5.80. The molecule has 0 radical (unpaired) electrons. The van der Waals surface area contributed by atoms with E-state index in [1.807, 2.05) is 7.05 Å². The Balaban J connectivity index is 2.10. The van der Waals surface area contributed by atoms with E-state index in [0.29, 0.717) is 24.0 Å². The van der Waals surface area contributed by atoms with Gasteiger partial charge in [-0.1, -0.05) is 11.6 Å². The van der Waals surface area contributed by atoms with E-state index < -0.39 is 5.82 Å². The predicted octanol–water partition coefficient (Wildman–Crippen LogP) is 2.16. The Labute approximate surface area is 111 Å². The number of carbonyl (C=O) groups excluding carboxylic acids is 1. The van der Waals surface area contributed by atoms with E-state index in [4.69, 9.17) is 11.6 Å². The van der Waals surface area contributed by atoms with Crippen molar-refractivity contribution in [2.24, 2.45) is 5.92 Å². The quantitative estimate of drug-likeness (QED) is 0.913. The molecule has 1 fully saturated rings. The highest BCUT2D eigenvalue weighted by Gasteiger charge is 2.27. The summed E-state index contributed by atoms with van der Waals surface area (Å²) in [6.45, 7) is 2.23. The first-order valence-electron chi connectivity index (χ1n) is 6.00. The van der Waals surface area contributed by atoms with Gasteiger partial charge in [-0.15, -0.1) is 0 Å². The summed E-state index contributed by atoms with van der Waals surface area (Å²) in [6.07, 6.45) is 0.953. The number of halogens is 2. The maximum Gasteiger partial charge on any atom is 0.256 e. The monoisotopic (exact) mass is 270 g/mol. The van der Waals surface area contributed by atoms with Gasteiger partial charge in [0.25, 0.3) is 5.91 Å². The van der Waals surface area contributed by atoms with Crippen molar-refractivity contribution in [3.05, 3.63) is 34.6 Å². The highest BCUT2D eigenvalue weighted by Crippen LogP contribution is 2.21. The summed E-state index contributed by atoms with van der Waals surface area (Å²) < 4.78 is 13.6. The van der Waals surface area contributed by atoms with Crippen LogP contribution in [0.1, 0.15) is 16.8 Å². The minimum atomic E-state index is -0.513. The topological polar surface area (TPSA) is 32.3 Å². The molecule has 2 rings (SSSR count). The van der Waals surface area contributed by atoms with E-state index in [2.05, 4.69) is 5.32 Å². The molecule has 1 amide bonds. The zero-order chi connectivity index (χ0) is 13.1. The van der Waals surface area contributed by atoms with Gasteiger partial charge in [-0.2, -0.15) is 0 Å². The van der Waals surface area contributed by atoms with Crippen molar-refractivity contribution in [3.63, 3.8) is 0 Å². The number of hydrogen-bond acceptors (Lipinski definition) is 2. The zero-order valence-corrected chi connectivity index (χ0v) is 11.0. The van der Waals surface area contributed by atoms with Gasteiger partial charge in [0.15, 0.2) is 0 Å². The number of benzene rings is 1. The largest absolute Gasteiger partial charge is 0.338 e. The van der Waals surface area contributed by atoms with Gasteiger partial charge in [0, 0.05) is 18.1 Å². The summed E-state index contributed by atoms with van der Waals surface area (Å²) in [5.41, 5.74) is 0.0626. The summed E-state index contributed by atoms with van der Waals surface area (Å²) in [7, 11) is 1.89. The molecule has 0 spiro atoms. The number of hydrogen-bond donors (Lipinski definition) is 1. The van der Waals surface area contributed by atoms with Crippen LogP contribution in [0.25, 0.3) is 0 Å². The molecule has 3 nitrogen and oxygen atoms in total. The predicted molar refractivity (Wildman–Crippen MR) is 69.3 cm³/mol. The molecule has 0 aliphatic carbocycles. The molecule has 1 aliphatic heterocycles. The normalized spacial score (nSPS) is 19.3. The molecule has 1 saturated heterocycles. The van der Waals surface area contributed by atoms with Gasteiger partial charge < -0.3 is 10.2 Å². The SMILES string of the molecule is CNCC1CCN(C(=O)c2cc(Cl)ccc2F)C1. The van der Waals surface area contributed by atoms with Gasteiger partial charge in [-0.25, -0.2) is 4.39 Å². The molecule has 0 saturated carbocycles. The molecule has 1 aromatic carbocycles. The lowest BCUT2D eigenvalue weighted by Crippen LogP contribution is -2.30. The molecule has 98 valence electrons. The number of rotatable bonds is 3. The molecule has 1 heterocycles. The summed E-state index contributed by atoms with van der Waals surface area (Å²) in [4.78, 5) is 13.9. The Hall–Kier alpha value is -1.13. The van der Waals surface area contributed by atoms with Crippen LogP contribution in [0.3, 0.4) is 0 Å². The minimum absolute atomic E-state index is 0.0626. The van der Waals surface area contributed by atoms with Crippen LogP contribution >= 0.6 is 11.6 Å². The maximum absolute atomic E-state index is 13.6. The summed E-state index contributed by atoms with van der Waals surface area (Å²) in [6, 6.07) is 4.07. The lowest BCUT2D eigenvalue weighted by atomic mass is 10.1. The van der Waals surface area contributed by atoms with E-state index >= 15 is 0 Å². The van der Waals surface area contributed by atoms with Gasteiger partial charge in [-0.3, -0.25) is 4.79 Å². The van der Waals surface area contributed by atoms with Crippen LogP contribution in [0.2, 0.25) is 5.02 Å². The fourth-order valence-electron chi connectivity index (χ4n) is 2.30. The average molecular weight is 271 g/mol. The summed E-state index contributed by atoms with van der Waals surface area (Å²) in [5.74, 6) is -0.337. The van der Waals surface area contributed by atoms with Crippen molar-refractivity contribution in [1.82, 2.24) is 10.2 Å². The number of amides is 1. The molecular weight excluding hydrogens is 255 g/mol. The smallest absolute Gasteiger partial charge is 0.256 e. The third-order valence-corrected chi connectivity index (χ3v) is 3.46. The molecule has 1 atom stereocenters. The molecule has 1 aliphatic rings. The van der Waals surface area contributed by atoms with E-state index in [-0.39, 0.29) is 11.5 Å². The zero-order valence-electron chi connectivity index (χ0n) is 10.2. The standard InChI is InChI=1S/C13H16ClFN2O/c1-16-7-9-4-5-17(8-9)13(18)11-6-10(14)2-3-12(11)15/h2-3,6,9,16H,4-5,7-8H2,1H3. The lowest BCUT2D eigenvalue weighted by molar-refractivity contribution is 0.0782. The summed E-state index contributed by atoms with van der Waals surface area (Å²) in [5, 5.41) is 3.48. The molecule has 5 heteroatoms. The second kappa shape index (κ2) is 5.67.